The molecule has 3 aromatic carbocycles. The number of aryl methyl sites for hydroxylation is 3. The van der Waals surface area contributed by atoms with Gasteiger partial charge in [-0.3, -0.25) is 14.9 Å². The number of non-ortho nitro benzene ring substituents is 1. The molecular weight excluding hydrogens is 424 g/mol. The standard InChI is InChI=1S/C24H20N4O3S/c1-15-4-10-20(17(3)12-15)23(29)27(24-26-21-11-5-16(2)13-22(21)32-24)25-14-18-6-8-19(9-7-18)28(30)31/h4-14H,1-3H3/b25-14+. The summed E-state index contributed by atoms with van der Waals surface area (Å²) in [5.41, 5.74) is 4.97. The molecule has 1 aromatic heterocycles. The Hall–Kier alpha value is -3.91. The molecular formula is C24H20N4O3S. The molecule has 0 aliphatic rings. The molecule has 0 bridgehead atoms. The van der Waals surface area contributed by atoms with Crippen LogP contribution in [0.4, 0.5) is 10.8 Å². The first kappa shape index (κ1) is 21.3. The van der Waals surface area contributed by atoms with Crippen LogP contribution in [0, 0.1) is 30.9 Å². The monoisotopic (exact) mass is 444 g/mol. The van der Waals surface area contributed by atoms with E-state index in [4.69, 9.17) is 0 Å². The van der Waals surface area contributed by atoms with Gasteiger partial charge in [0.15, 0.2) is 0 Å². The zero-order valence-corrected chi connectivity index (χ0v) is 18.6. The fraction of sp³-hybridized carbons (Fsp3) is 0.125. The lowest BCUT2D eigenvalue weighted by Gasteiger charge is -2.15. The van der Waals surface area contributed by atoms with E-state index in [1.807, 2.05) is 51.1 Å². The minimum atomic E-state index is -0.458. The van der Waals surface area contributed by atoms with E-state index in [0.29, 0.717) is 16.3 Å². The van der Waals surface area contributed by atoms with Gasteiger partial charge in [-0.05, 0) is 67.8 Å². The smallest absolute Gasteiger partial charge is 0.267 e. The van der Waals surface area contributed by atoms with Crippen molar-refractivity contribution in [2.75, 3.05) is 5.01 Å². The highest BCUT2D eigenvalue weighted by Crippen LogP contribution is 2.31. The summed E-state index contributed by atoms with van der Waals surface area (Å²) in [4.78, 5) is 28.5. The second-order valence-corrected chi connectivity index (χ2v) is 8.51. The third kappa shape index (κ3) is 4.40. The van der Waals surface area contributed by atoms with E-state index in [1.54, 1.807) is 18.2 Å². The summed E-state index contributed by atoms with van der Waals surface area (Å²) in [5.74, 6) is -0.295. The molecule has 8 heteroatoms. The molecule has 1 heterocycles. The van der Waals surface area contributed by atoms with Crippen LogP contribution in [0.5, 0.6) is 0 Å². The van der Waals surface area contributed by atoms with E-state index in [0.717, 1.165) is 26.9 Å². The molecule has 0 aliphatic heterocycles. The minimum Gasteiger partial charge on any atom is -0.267 e. The molecule has 0 spiro atoms. The summed E-state index contributed by atoms with van der Waals surface area (Å²) in [7, 11) is 0. The molecule has 7 nitrogen and oxygen atoms in total. The van der Waals surface area contributed by atoms with Crippen LogP contribution in [-0.4, -0.2) is 22.0 Å². The van der Waals surface area contributed by atoms with Crippen LogP contribution >= 0.6 is 11.3 Å². The van der Waals surface area contributed by atoms with Gasteiger partial charge in [0.1, 0.15) is 0 Å². The number of carbonyl (C=O) groups is 1. The lowest BCUT2D eigenvalue weighted by molar-refractivity contribution is -0.384. The highest BCUT2D eigenvalue weighted by atomic mass is 32.1. The van der Waals surface area contributed by atoms with Crippen LogP contribution in [-0.2, 0) is 0 Å². The number of nitro groups is 1. The summed E-state index contributed by atoms with van der Waals surface area (Å²) in [6, 6.07) is 17.5. The summed E-state index contributed by atoms with van der Waals surface area (Å²) in [6.07, 6.45) is 1.50. The maximum Gasteiger partial charge on any atom is 0.281 e. The van der Waals surface area contributed by atoms with E-state index in [1.165, 1.54) is 34.7 Å². The van der Waals surface area contributed by atoms with Gasteiger partial charge >= 0.3 is 0 Å². The zero-order chi connectivity index (χ0) is 22.8. The van der Waals surface area contributed by atoms with Gasteiger partial charge in [0.05, 0.1) is 21.4 Å². The van der Waals surface area contributed by atoms with Crippen LogP contribution in [0.1, 0.15) is 32.6 Å². The van der Waals surface area contributed by atoms with Crippen molar-refractivity contribution < 1.29 is 9.72 Å². The number of rotatable bonds is 5. The molecule has 0 saturated carbocycles. The van der Waals surface area contributed by atoms with Gasteiger partial charge in [0.25, 0.3) is 11.6 Å². The van der Waals surface area contributed by atoms with Crippen molar-refractivity contribution in [2.45, 2.75) is 20.8 Å². The Balaban J connectivity index is 1.76. The number of aromatic nitrogens is 1. The third-order valence-electron chi connectivity index (χ3n) is 4.94. The molecule has 1 amide bonds. The molecule has 4 rings (SSSR count). The Bertz CT molecular complexity index is 1360. The van der Waals surface area contributed by atoms with Crippen LogP contribution in [0.3, 0.4) is 0 Å². The number of nitro benzene ring substituents is 1. The minimum absolute atomic E-state index is 0.00749. The number of thiazole rings is 1. The average molecular weight is 445 g/mol. The molecule has 0 unspecified atom stereocenters. The lowest BCUT2D eigenvalue weighted by atomic mass is 10.1. The Kier molecular flexibility index (Phi) is 5.79. The molecule has 0 aliphatic carbocycles. The van der Waals surface area contributed by atoms with Crippen molar-refractivity contribution in [1.29, 1.82) is 0 Å². The molecule has 0 saturated heterocycles. The predicted octanol–water partition coefficient (Wildman–Crippen LogP) is 5.81. The highest BCUT2D eigenvalue weighted by molar-refractivity contribution is 7.22. The second kappa shape index (κ2) is 8.68. The first-order valence-electron chi connectivity index (χ1n) is 9.89. The Morgan fingerprint density at radius 2 is 1.72 bits per heavy atom. The number of hydrogen-bond acceptors (Lipinski definition) is 6. The van der Waals surface area contributed by atoms with Crippen LogP contribution in [0.25, 0.3) is 10.2 Å². The van der Waals surface area contributed by atoms with Gasteiger partial charge in [-0.1, -0.05) is 35.1 Å². The van der Waals surface area contributed by atoms with Gasteiger partial charge < -0.3 is 0 Å². The average Bonchev–Trinajstić information content (AvgIpc) is 3.16. The first-order chi connectivity index (χ1) is 15.3. The van der Waals surface area contributed by atoms with E-state index >= 15 is 0 Å². The van der Waals surface area contributed by atoms with Crippen LogP contribution in [0.2, 0.25) is 0 Å². The number of fused-ring (bicyclic) bond motifs is 1. The summed E-state index contributed by atoms with van der Waals surface area (Å²) >= 11 is 1.38. The van der Waals surface area contributed by atoms with Gasteiger partial charge in [-0.15, -0.1) is 0 Å². The fourth-order valence-corrected chi connectivity index (χ4v) is 4.29. The third-order valence-corrected chi connectivity index (χ3v) is 5.94. The van der Waals surface area contributed by atoms with E-state index < -0.39 is 4.92 Å². The van der Waals surface area contributed by atoms with Crippen LogP contribution in [0.15, 0.2) is 65.8 Å². The number of hydrazone groups is 1. The summed E-state index contributed by atoms with van der Waals surface area (Å²) in [5, 5.41) is 17.1. The van der Waals surface area contributed by atoms with E-state index in [-0.39, 0.29) is 11.6 Å². The lowest BCUT2D eigenvalue weighted by Crippen LogP contribution is -2.26. The molecule has 32 heavy (non-hydrogen) atoms. The van der Waals surface area contributed by atoms with E-state index in [9.17, 15) is 14.9 Å². The second-order valence-electron chi connectivity index (χ2n) is 7.50. The predicted molar refractivity (Wildman–Crippen MR) is 128 cm³/mol. The van der Waals surface area contributed by atoms with Crippen molar-refractivity contribution in [2.24, 2.45) is 5.10 Å². The van der Waals surface area contributed by atoms with Crippen molar-refractivity contribution >= 4 is 44.5 Å². The topological polar surface area (TPSA) is 88.7 Å². The van der Waals surface area contributed by atoms with Crippen molar-refractivity contribution in [3.05, 3.63) is 98.6 Å². The quantitative estimate of drug-likeness (QED) is 0.221. The maximum atomic E-state index is 13.5. The Morgan fingerprint density at radius 1 is 1.03 bits per heavy atom. The zero-order valence-electron chi connectivity index (χ0n) is 17.8. The fourth-order valence-electron chi connectivity index (χ4n) is 3.27. The summed E-state index contributed by atoms with van der Waals surface area (Å²) in [6.45, 7) is 5.87. The van der Waals surface area contributed by atoms with E-state index in [2.05, 4.69) is 10.1 Å². The normalized spacial score (nSPS) is 11.2. The number of hydrogen-bond donors (Lipinski definition) is 0. The van der Waals surface area contributed by atoms with Gasteiger partial charge in [0.2, 0.25) is 5.13 Å². The van der Waals surface area contributed by atoms with Crippen molar-refractivity contribution in [3.8, 4) is 0 Å². The SMILES string of the molecule is Cc1ccc(C(=O)N(/N=C/c2ccc([N+](=O)[O-])cc2)c2nc3ccc(C)cc3s2)c(C)c1. The van der Waals surface area contributed by atoms with Crippen molar-refractivity contribution in [3.63, 3.8) is 0 Å². The van der Waals surface area contributed by atoms with Crippen molar-refractivity contribution in [1.82, 2.24) is 4.98 Å². The molecule has 160 valence electrons. The molecule has 0 radical (unpaired) electrons. The number of carbonyl (C=O) groups excluding carboxylic acids is 1. The van der Waals surface area contributed by atoms with Gasteiger partial charge in [-0.25, -0.2) is 4.98 Å². The number of anilines is 1. The number of nitrogens with zero attached hydrogens (tertiary/aromatic N) is 4. The highest BCUT2D eigenvalue weighted by Gasteiger charge is 2.22. The maximum absolute atomic E-state index is 13.5. The largest absolute Gasteiger partial charge is 0.281 e. The number of amides is 1. The van der Waals surface area contributed by atoms with Crippen LogP contribution < -0.4 is 5.01 Å². The Labute approximate surface area is 188 Å². The molecule has 4 aromatic rings. The first-order valence-corrected chi connectivity index (χ1v) is 10.7. The molecule has 0 atom stereocenters. The van der Waals surface area contributed by atoms with Gasteiger partial charge in [0, 0.05) is 17.7 Å². The number of benzene rings is 3. The molecule has 0 fully saturated rings. The van der Waals surface area contributed by atoms with Gasteiger partial charge in [-0.2, -0.15) is 10.1 Å². The Morgan fingerprint density at radius 3 is 2.41 bits per heavy atom. The summed E-state index contributed by atoms with van der Waals surface area (Å²) < 4.78 is 0.962. The molecule has 0 N–H and O–H groups in total.